The summed E-state index contributed by atoms with van der Waals surface area (Å²) in [6.45, 7) is 5.28. The monoisotopic (exact) mass is 267 g/mol. The van der Waals surface area contributed by atoms with Crippen molar-refractivity contribution in [3.05, 3.63) is 23.8 Å². The quantitative estimate of drug-likeness (QED) is 0.799. The minimum absolute atomic E-state index is 0.148. The number of benzene rings is 1. The molecular weight excluding hydrogens is 246 g/mol. The molecule has 0 heterocycles. The Morgan fingerprint density at radius 1 is 1.32 bits per heavy atom. The van der Waals surface area contributed by atoms with Crippen LogP contribution in [0.15, 0.2) is 18.2 Å². The normalized spacial score (nSPS) is 12.1. The van der Waals surface area contributed by atoms with E-state index in [1.165, 1.54) is 0 Å². The van der Waals surface area contributed by atoms with E-state index < -0.39 is 5.97 Å². The first-order chi connectivity index (χ1) is 8.93. The Labute approximate surface area is 113 Å². The van der Waals surface area contributed by atoms with E-state index >= 15 is 0 Å². The second kappa shape index (κ2) is 6.99. The van der Waals surface area contributed by atoms with Gasteiger partial charge in [0.1, 0.15) is 11.5 Å². The molecule has 0 amide bonds. The summed E-state index contributed by atoms with van der Waals surface area (Å²) < 4.78 is 15.6. The van der Waals surface area contributed by atoms with Crippen LogP contribution in [0.25, 0.3) is 0 Å². The highest BCUT2D eigenvalue weighted by molar-refractivity contribution is 5.71. The van der Waals surface area contributed by atoms with Gasteiger partial charge < -0.3 is 19.9 Å². The highest BCUT2D eigenvalue weighted by atomic mass is 16.6. The zero-order valence-corrected chi connectivity index (χ0v) is 11.8. The van der Waals surface area contributed by atoms with Gasteiger partial charge in [-0.05, 0) is 26.8 Å². The van der Waals surface area contributed by atoms with Crippen molar-refractivity contribution in [3.63, 3.8) is 0 Å². The first-order valence-corrected chi connectivity index (χ1v) is 6.19. The number of nitrogens with two attached hydrogens (primary N) is 1. The third-order valence-corrected chi connectivity index (χ3v) is 2.42. The maximum Gasteiger partial charge on any atom is 0.344 e. The van der Waals surface area contributed by atoms with Crippen molar-refractivity contribution >= 4 is 5.97 Å². The van der Waals surface area contributed by atoms with E-state index in [4.69, 9.17) is 19.9 Å². The van der Waals surface area contributed by atoms with Crippen LogP contribution < -0.4 is 15.2 Å². The molecule has 0 aliphatic carbocycles. The van der Waals surface area contributed by atoms with Gasteiger partial charge in [0.15, 0.2) is 6.61 Å². The summed E-state index contributed by atoms with van der Waals surface area (Å²) in [5.41, 5.74) is 6.67. The molecule has 0 saturated heterocycles. The van der Waals surface area contributed by atoms with Gasteiger partial charge in [0, 0.05) is 17.7 Å². The van der Waals surface area contributed by atoms with Crippen LogP contribution in [0.1, 0.15) is 32.4 Å². The zero-order valence-electron chi connectivity index (χ0n) is 11.8. The van der Waals surface area contributed by atoms with E-state index in [2.05, 4.69) is 0 Å². The molecule has 1 unspecified atom stereocenters. The number of carbonyl (C=O) groups is 1. The predicted molar refractivity (Wildman–Crippen MR) is 72.3 cm³/mol. The lowest BCUT2D eigenvalue weighted by Gasteiger charge is -2.15. The van der Waals surface area contributed by atoms with Crippen molar-refractivity contribution < 1.29 is 19.0 Å². The molecule has 1 aromatic rings. The van der Waals surface area contributed by atoms with Gasteiger partial charge in [-0.3, -0.25) is 0 Å². The molecule has 5 nitrogen and oxygen atoms in total. The fraction of sp³-hybridized carbons (Fsp3) is 0.500. The van der Waals surface area contributed by atoms with E-state index in [0.717, 1.165) is 5.56 Å². The topological polar surface area (TPSA) is 70.8 Å². The lowest BCUT2D eigenvalue weighted by Crippen LogP contribution is -2.19. The Bertz CT molecular complexity index is 429. The number of ether oxygens (including phenoxy) is 3. The van der Waals surface area contributed by atoms with E-state index in [1.807, 2.05) is 13.0 Å². The fourth-order valence-corrected chi connectivity index (χ4v) is 1.58. The maximum atomic E-state index is 11.5. The Balaban J connectivity index is 2.77. The second-order valence-electron chi connectivity index (χ2n) is 4.52. The number of rotatable bonds is 6. The highest BCUT2D eigenvalue weighted by Crippen LogP contribution is 2.28. The number of carbonyl (C=O) groups excluding carboxylic acids is 1. The second-order valence-corrected chi connectivity index (χ2v) is 4.52. The largest absolute Gasteiger partial charge is 0.497 e. The average molecular weight is 267 g/mol. The molecule has 106 valence electrons. The SMILES string of the molecule is COc1ccc(C(C)N)c(OCC(=O)OC(C)C)c1. The lowest BCUT2D eigenvalue weighted by molar-refractivity contribution is -0.149. The van der Waals surface area contributed by atoms with Crippen LogP contribution in [-0.2, 0) is 9.53 Å². The van der Waals surface area contributed by atoms with E-state index in [-0.39, 0.29) is 18.8 Å². The third-order valence-electron chi connectivity index (χ3n) is 2.42. The minimum Gasteiger partial charge on any atom is -0.497 e. The van der Waals surface area contributed by atoms with Crippen molar-refractivity contribution in [2.75, 3.05) is 13.7 Å². The average Bonchev–Trinajstić information content (AvgIpc) is 2.34. The molecule has 0 aromatic heterocycles. The van der Waals surface area contributed by atoms with Crippen LogP contribution in [0.4, 0.5) is 0 Å². The van der Waals surface area contributed by atoms with Gasteiger partial charge in [-0.1, -0.05) is 6.07 Å². The van der Waals surface area contributed by atoms with Crippen molar-refractivity contribution in [2.45, 2.75) is 32.9 Å². The summed E-state index contributed by atoms with van der Waals surface area (Å²) in [4.78, 5) is 11.5. The van der Waals surface area contributed by atoms with Gasteiger partial charge in [-0.15, -0.1) is 0 Å². The van der Waals surface area contributed by atoms with Crippen LogP contribution >= 0.6 is 0 Å². The van der Waals surface area contributed by atoms with Gasteiger partial charge in [0.25, 0.3) is 0 Å². The van der Waals surface area contributed by atoms with Crippen LogP contribution in [0.5, 0.6) is 11.5 Å². The van der Waals surface area contributed by atoms with E-state index in [0.29, 0.717) is 11.5 Å². The van der Waals surface area contributed by atoms with Gasteiger partial charge >= 0.3 is 5.97 Å². The van der Waals surface area contributed by atoms with Crippen molar-refractivity contribution in [2.24, 2.45) is 5.73 Å². The van der Waals surface area contributed by atoms with Crippen molar-refractivity contribution in [1.29, 1.82) is 0 Å². The van der Waals surface area contributed by atoms with Gasteiger partial charge in [0.2, 0.25) is 0 Å². The predicted octanol–water partition coefficient (Wildman–Crippen LogP) is 2.05. The van der Waals surface area contributed by atoms with Gasteiger partial charge in [0.05, 0.1) is 13.2 Å². The number of hydrogen-bond donors (Lipinski definition) is 1. The zero-order chi connectivity index (χ0) is 14.4. The summed E-state index contributed by atoms with van der Waals surface area (Å²) in [6, 6.07) is 5.15. The lowest BCUT2D eigenvalue weighted by atomic mass is 10.1. The molecule has 2 N–H and O–H groups in total. The molecule has 0 aliphatic heterocycles. The Morgan fingerprint density at radius 2 is 2.00 bits per heavy atom. The Hall–Kier alpha value is -1.75. The standard InChI is InChI=1S/C14H21NO4/c1-9(2)19-14(16)8-18-13-7-11(17-4)5-6-12(13)10(3)15/h5-7,9-10H,8,15H2,1-4H3. The first kappa shape index (κ1) is 15.3. The molecule has 5 heteroatoms. The maximum absolute atomic E-state index is 11.5. The first-order valence-electron chi connectivity index (χ1n) is 6.19. The number of esters is 1. The fourth-order valence-electron chi connectivity index (χ4n) is 1.58. The van der Waals surface area contributed by atoms with Crippen LogP contribution in [0, 0.1) is 0 Å². The van der Waals surface area contributed by atoms with Crippen LogP contribution in [0.2, 0.25) is 0 Å². The molecule has 0 spiro atoms. The highest BCUT2D eigenvalue weighted by Gasteiger charge is 2.12. The van der Waals surface area contributed by atoms with Gasteiger partial charge in [-0.2, -0.15) is 0 Å². The summed E-state index contributed by atoms with van der Waals surface area (Å²) in [7, 11) is 1.57. The molecular formula is C14H21NO4. The molecule has 19 heavy (non-hydrogen) atoms. The van der Waals surface area contributed by atoms with Crippen LogP contribution in [0.3, 0.4) is 0 Å². The molecule has 0 aliphatic rings. The van der Waals surface area contributed by atoms with Crippen LogP contribution in [-0.4, -0.2) is 25.8 Å². The summed E-state index contributed by atoms with van der Waals surface area (Å²) in [5, 5.41) is 0. The minimum atomic E-state index is -0.409. The molecule has 0 radical (unpaired) electrons. The molecule has 1 atom stereocenters. The number of hydrogen-bond acceptors (Lipinski definition) is 5. The molecule has 0 bridgehead atoms. The van der Waals surface area contributed by atoms with Crippen molar-refractivity contribution in [3.8, 4) is 11.5 Å². The molecule has 1 aromatic carbocycles. The summed E-state index contributed by atoms with van der Waals surface area (Å²) >= 11 is 0. The smallest absolute Gasteiger partial charge is 0.344 e. The summed E-state index contributed by atoms with van der Waals surface area (Å²) in [6.07, 6.45) is -0.158. The van der Waals surface area contributed by atoms with Gasteiger partial charge in [-0.25, -0.2) is 4.79 Å². The molecule has 0 fully saturated rings. The Morgan fingerprint density at radius 3 is 2.53 bits per heavy atom. The van der Waals surface area contributed by atoms with E-state index in [9.17, 15) is 4.79 Å². The summed E-state index contributed by atoms with van der Waals surface area (Å²) in [5.74, 6) is 0.778. The van der Waals surface area contributed by atoms with Crippen molar-refractivity contribution in [1.82, 2.24) is 0 Å². The molecule has 0 saturated carbocycles. The van der Waals surface area contributed by atoms with E-state index in [1.54, 1.807) is 33.1 Å². The Kier molecular flexibility index (Phi) is 5.63. The third kappa shape index (κ3) is 4.79. The molecule has 1 rings (SSSR count). The number of methoxy groups -OCH3 is 1.